The molecule has 0 saturated carbocycles. The maximum Gasteiger partial charge on any atom is 0.290 e. The van der Waals surface area contributed by atoms with Crippen LogP contribution in [0.25, 0.3) is 11.3 Å². The third-order valence-corrected chi connectivity index (χ3v) is 3.40. The third-order valence-electron chi connectivity index (χ3n) is 3.40. The number of carbonyl (C=O) groups is 1. The molecule has 0 spiro atoms. The predicted molar refractivity (Wildman–Crippen MR) is 73.2 cm³/mol. The van der Waals surface area contributed by atoms with Crippen LogP contribution >= 0.6 is 0 Å². The molecule has 1 amide bonds. The van der Waals surface area contributed by atoms with Crippen molar-refractivity contribution in [1.29, 1.82) is 0 Å². The van der Waals surface area contributed by atoms with Crippen molar-refractivity contribution >= 4 is 5.91 Å². The Morgan fingerprint density at radius 2 is 2.29 bits per heavy atom. The summed E-state index contributed by atoms with van der Waals surface area (Å²) in [5.41, 5.74) is 0.606. The van der Waals surface area contributed by atoms with E-state index in [2.05, 4.69) is 10.5 Å². The van der Waals surface area contributed by atoms with Crippen LogP contribution in [0, 0.1) is 5.82 Å². The minimum atomic E-state index is -0.405. The summed E-state index contributed by atoms with van der Waals surface area (Å²) in [6.45, 7) is 1.18. The number of hydrogen-bond acceptors (Lipinski definition) is 4. The van der Waals surface area contributed by atoms with Gasteiger partial charge in [0.05, 0.1) is 6.10 Å². The fraction of sp³-hybridized carbons (Fsp3) is 0.333. The van der Waals surface area contributed by atoms with Gasteiger partial charge >= 0.3 is 0 Å². The highest BCUT2D eigenvalue weighted by molar-refractivity contribution is 5.92. The number of benzene rings is 1. The first-order valence-corrected chi connectivity index (χ1v) is 6.85. The van der Waals surface area contributed by atoms with Crippen molar-refractivity contribution in [3.8, 4) is 11.3 Å². The summed E-state index contributed by atoms with van der Waals surface area (Å²) in [7, 11) is 0. The van der Waals surface area contributed by atoms with Crippen LogP contribution in [-0.2, 0) is 4.74 Å². The van der Waals surface area contributed by atoms with E-state index in [-0.39, 0.29) is 17.8 Å². The molecule has 1 aliphatic rings. The van der Waals surface area contributed by atoms with E-state index in [9.17, 15) is 9.18 Å². The Bertz CT molecular complexity index is 635. The van der Waals surface area contributed by atoms with Gasteiger partial charge < -0.3 is 14.6 Å². The summed E-state index contributed by atoms with van der Waals surface area (Å²) in [4.78, 5) is 11.9. The van der Waals surface area contributed by atoms with Crippen molar-refractivity contribution in [2.75, 3.05) is 13.2 Å². The van der Waals surface area contributed by atoms with Crippen LogP contribution in [0.5, 0.6) is 0 Å². The van der Waals surface area contributed by atoms with Crippen LogP contribution in [0.1, 0.15) is 23.4 Å². The number of nitrogens with one attached hydrogen (secondary N) is 1. The Morgan fingerprint density at radius 1 is 1.43 bits per heavy atom. The van der Waals surface area contributed by atoms with Gasteiger partial charge in [-0.1, -0.05) is 17.3 Å². The number of nitrogens with zero attached hydrogens (tertiary/aromatic N) is 1. The summed E-state index contributed by atoms with van der Waals surface area (Å²) in [6.07, 6.45) is 2.01. The SMILES string of the molecule is O=C(NC[C@@H]1CCCO1)c1cc(-c2ccccc2F)no1. The zero-order valence-corrected chi connectivity index (χ0v) is 11.3. The van der Waals surface area contributed by atoms with Gasteiger partial charge in [-0.15, -0.1) is 0 Å². The average molecular weight is 290 g/mol. The third kappa shape index (κ3) is 3.11. The predicted octanol–water partition coefficient (Wildman–Crippen LogP) is 2.39. The fourth-order valence-corrected chi connectivity index (χ4v) is 2.28. The summed E-state index contributed by atoms with van der Waals surface area (Å²) < 4.78 is 24.0. The highest BCUT2D eigenvalue weighted by Crippen LogP contribution is 2.22. The maximum absolute atomic E-state index is 13.6. The highest BCUT2D eigenvalue weighted by atomic mass is 19.1. The van der Waals surface area contributed by atoms with Crippen LogP contribution in [0.2, 0.25) is 0 Å². The lowest BCUT2D eigenvalue weighted by Gasteiger charge is -2.08. The zero-order valence-electron chi connectivity index (χ0n) is 11.3. The second-order valence-corrected chi connectivity index (χ2v) is 4.90. The zero-order chi connectivity index (χ0) is 14.7. The van der Waals surface area contributed by atoms with Crippen molar-refractivity contribution in [2.24, 2.45) is 0 Å². The monoisotopic (exact) mass is 290 g/mol. The van der Waals surface area contributed by atoms with Gasteiger partial charge in [-0.05, 0) is 25.0 Å². The molecule has 21 heavy (non-hydrogen) atoms. The molecule has 2 aromatic rings. The molecule has 0 aliphatic carbocycles. The minimum Gasteiger partial charge on any atom is -0.376 e. The molecule has 1 aliphatic heterocycles. The van der Waals surface area contributed by atoms with E-state index in [0.717, 1.165) is 19.4 Å². The van der Waals surface area contributed by atoms with E-state index in [1.807, 2.05) is 0 Å². The molecule has 110 valence electrons. The summed E-state index contributed by atoms with van der Waals surface area (Å²) >= 11 is 0. The van der Waals surface area contributed by atoms with Gasteiger partial charge in [0, 0.05) is 24.8 Å². The molecule has 0 unspecified atom stereocenters. The Hall–Kier alpha value is -2.21. The van der Waals surface area contributed by atoms with E-state index < -0.39 is 5.82 Å². The lowest BCUT2D eigenvalue weighted by molar-refractivity contribution is 0.0828. The molecule has 1 N–H and O–H groups in total. The molecule has 3 rings (SSSR count). The van der Waals surface area contributed by atoms with Crippen LogP contribution < -0.4 is 5.32 Å². The lowest BCUT2D eigenvalue weighted by atomic mass is 10.1. The van der Waals surface area contributed by atoms with Gasteiger partial charge in [0.15, 0.2) is 0 Å². The number of halogens is 1. The topological polar surface area (TPSA) is 64.4 Å². The quantitative estimate of drug-likeness (QED) is 0.939. The molecule has 0 radical (unpaired) electrons. The smallest absolute Gasteiger partial charge is 0.290 e. The number of ether oxygens (including phenoxy) is 1. The Morgan fingerprint density at radius 3 is 3.05 bits per heavy atom. The van der Waals surface area contributed by atoms with Gasteiger partial charge in [-0.3, -0.25) is 4.79 Å². The van der Waals surface area contributed by atoms with Gasteiger partial charge in [-0.2, -0.15) is 0 Å². The van der Waals surface area contributed by atoms with Gasteiger partial charge in [0.1, 0.15) is 11.5 Å². The van der Waals surface area contributed by atoms with Crippen LogP contribution in [0.4, 0.5) is 4.39 Å². The first-order valence-electron chi connectivity index (χ1n) is 6.85. The normalized spacial score (nSPS) is 17.9. The summed E-state index contributed by atoms with van der Waals surface area (Å²) in [5, 5.41) is 6.47. The highest BCUT2D eigenvalue weighted by Gasteiger charge is 2.19. The fourth-order valence-electron chi connectivity index (χ4n) is 2.28. The summed E-state index contributed by atoms with van der Waals surface area (Å²) in [5.74, 6) is -0.719. The molecule has 1 atom stereocenters. The number of rotatable bonds is 4. The molecular weight excluding hydrogens is 275 g/mol. The Kier molecular flexibility index (Phi) is 3.96. The molecule has 2 heterocycles. The van der Waals surface area contributed by atoms with Crippen molar-refractivity contribution in [2.45, 2.75) is 18.9 Å². The summed E-state index contributed by atoms with van der Waals surface area (Å²) in [6, 6.07) is 7.64. The van der Waals surface area contributed by atoms with E-state index >= 15 is 0 Å². The van der Waals surface area contributed by atoms with Crippen molar-refractivity contribution in [3.63, 3.8) is 0 Å². The van der Waals surface area contributed by atoms with Crippen LogP contribution in [0.3, 0.4) is 0 Å². The number of hydrogen-bond donors (Lipinski definition) is 1. The largest absolute Gasteiger partial charge is 0.376 e. The lowest BCUT2D eigenvalue weighted by Crippen LogP contribution is -2.31. The number of carbonyl (C=O) groups excluding carboxylic acids is 1. The first-order chi connectivity index (χ1) is 10.2. The van der Waals surface area contributed by atoms with E-state index in [4.69, 9.17) is 9.26 Å². The number of aromatic nitrogens is 1. The van der Waals surface area contributed by atoms with Crippen molar-refractivity contribution < 1.29 is 18.4 Å². The molecule has 1 fully saturated rings. The number of amides is 1. The molecule has 6 heteroatoms. The van der Waals surface area contributed by atoms with E-state index in [1.165, 1.54) is 12.1 Å². The molecule has 1 aromatic heterocycles. The van der Waals surface area contributed by atoms with E-state index in [1.54, 1.807) is 18.2 Å². The minimum absolute atomic E-state index is 0.0582. The van der Waals surface area contributed by atoms with Gasteiger partial charge in [0.2, 0.25) is 5.76 Å². The van der Waals surface area contributed by atoms with Crippen molar-refractivity contribution in [3.05, 3.63) is 41.9 Å². The standard InChI is InChI=1S/C15H15FN2O3/c16-12-6-2-1-5-11(12)13-8-14(21-18-13)15(19)17-9-10-4-3-7-20-10/h1-2,5-6,8,10H,3-4,7,9H2,(H,17,19)/t10-/m0/s1. The van der Waals surface area contributed by atoms with Gasteiger partial charge in [0.25, 0.3) is 5.91 Å². The average Bonchev–Trinajstić information content (AvgIpc) is 3.17. The molecule has 0 bridgehead atoms. The van der Waals surface area contributed by atoms with Gasteiger partial charge in [-0.25, -0.2) is 4.39 Å². The Labute approximate surface area is 121 Å². The van der Waals surface area contributed by atoms with Crippen LogP contribution in [0.15, 0.2) is 34.9 Å². The molecule has 5 nitrogen and oxygen atoms in total. The molecular formula is C15H15FN2O3. The maximum atomic E-state index is 13.6. The second-order valence-electron chi connectivity index (χ2n) is 4.90. The van der Waals surface area contributed by atoms with Crippen LogP contribution in [-0.4, -0.2) is 30.3 Å². The van der Waals surface area contributed by atoms with Crippen molar-refractivity contribution in [1.82, 2.24) is 10.5 Å². The first kappa shape index (κ1) is 13.8. The second kappa shape index (κ2) is 6.05. The Balaban J connectivity index is 1.66. The molecule has 1 saturated heterocycles. The molecule has 1 aromatic carbocycles. The van der Waals surface area contributed by atoms with E-state index in [0.29, 0.717) is 17.8 Å².